The van der Waals surface area contributed by atoms with Crippen molar-refractivity contribution in [3.8, 4) is 5.69 Å². The van der Waals surface area contributed by atoms with Gasteiger partial charge < -0.3 is 4.74 Å². The maximum absolute atomic E-state index is 11.8. The van der Waals surface area contributed by atoms with Crippen molar-refractivity contribution >= 4 is 17.7 Å². The Morgan fingerprint density at radius 2 is 2.05 bits per heavy atom. The molecule has 0 bridgehead atoms. The third-order valence-electron chi connectivity index (χ3n) is 3.05. The minimum atomic E-state index is -0.323. The lowest BCUT2D eigenvalue weighted by atomic mass is 10.2. The third-order valence-corrected chi connectivity index (χ3v) is 4.07. The van der Waals surface area contributed by atoms with E-state index in [1.54, 1.807) is 6.92 Å². The molecule has 112 valence electrons. The van der Waals surface area contributed by atoms with Crippen molar-refractivity contribution in [3.63, 3.8) is 0 Å². The fraction of sp³-hybridized carbons (Fsp3) is 0.400. The molecule has 2 aromatic rings. The highest BCUT2D eigenvalue weighted by atomic mass is 32.2. The molecule has 0 aliphatic heterocycles. The fourth-order valence-corrected chi connectivity index (χ4v) is 2.88. The number of para-hydroxylation sites is 1. The summed E-state index contributed by atoms with van der Waals surface area (Å²) in [5.41, 5.74) is 2.16. The Morgan fingerprint density at radius 1 is 1.33 bits per heavy atom. The molecule has 2 rings (SSSR count). The van der Waals surface area contributed by atoms with Crippen molar-refractivity contribution in [1.82, 2.24) is 14.8 Å². The van der Waals surface area contributed by atoms with E-state index >= 15 is 0 Å². The highest BCUT2D eigenvalue weighted by molar-refractivity contribution is 8.00. The number of aromatic nitrogens is 3. The first-order chi connectivity index (χ1) is 10.0. The second-order valence-electron chi connectivity index (χ2n) is 4.66. The number of aryl methyl sites for hydroxylation is 2. The summed E-state index contributed by atoms with van der Waals surface area (Å²) in [7, 11) is 0. The average molecular weight is 305 g/mol. The molecule has 6 heteroatoms. The lowest BCUT2D eigenvalue weighted by Crippen LogP contribution is -2.17. The number of rotatable bonds is 5. The van der Waals surface area contributed by atoms with Crippen LogP contribution in [-0.2, 0) is 9.53 Å². The number of esters is 1. The van der Waals surface area contributed by atoms with Crippen LogP contribution in [0.1, 0.15) is 25.2 Å². The number of hydrogen-bond donors (Lipinski definition) is 0. The Hall–Kier alpha value is -1.82. The summed E-state index contributed by atoms with van der Waals surface area (Å²) < 4.78 is 7.00. The van der Waals surface area contributed by atoms with Gasteiger partial charge in [0.05, 0.1) is 12.3 Å². The van der Waals surface area contributed by atoms with E-state index in [2.05, 4.69) is 10.2 Å². The Kier molecular flexibility index (Phi) is 5.01. The van der Waals surface area contributed by atoms with E-state index < -0.39 is 0 Å². The van der Waals surface area contributed by atoms with Crippen LogP contribution in [0.5, 0.6) is 0 Å². The van der Waals surface area contributed by atoms with Gasteiger partial charge in [-0.3, -0.25) is 9.36 Å². The molecule has 0 fully saturated rings. The van der Waals surface area contributed by atoms with Gasteiger partial charge >= 0.3 is 5.97 Å². The van der Waals surface area contributed by atoms with Gasteiger partial charge in [-0.2, -0.15) is 0 Å². The Bertz CT molecular complexity index is 640. The summed E-state index contributed by atoms with van der Waals surface area (Å²) in [6.45, 7) is 7.94. The standard InChI is InChI=1S/C15H19N3O2S/c1-5-20-14(19)11(3)21-15-17-16-12(4)18(15)13-9-7-6-8-10(13)2/h6-9,11H,5H2,1-4H3/t11-/m0/s1. The summed E-state index contributed by atoms with van der Waals surface area (Å²) >= 11 is 1.36. The maximum Gasteiger partial charge on any atom is 0.319 e. The molecule has 0 aliphatic carbocycles. The summed E-state index contributed by atoms with van der Waals surface area (Å²) in [6, 6.07) is 8.03. The van der Waals surface area contributed by atoms with Crippen LogP contribution in [0.4, 0.5) is 0 Å². The minimum Gasteiger partial charge on any atom is -0.465 e. The topological polar surface area (TPSA) is 57.0 Å². The normalized spacial score (nSPS) is 12.2. The van der Waals surface area contributed by atoms with E-state index in [-0.39, 0.29) is 11.2 Å². The molecule has 21 heavy (non-hydrogen) atoms. The van der Waals surface area contributed by atoms with E-state index in [1.807, 2.05) is 49.6 Å². The van der Waals surface area contributed by atoms with Crippen molar-refractivity contribution in [1.29, 1.82) is 0 Å². The number of benzene rings is 1. The first-order valence-electron chi connectivity index (χ1n) is 6.86. The Morgan fingerprint density at radius 3 is 2.71 bits per heavy atom. The molecule has 1 aromatic heterocycles. The minimum absolute atomic E-state index is 0.237. The zero-order chi connectivity index (χ0) is 15.4. The fourth-order valence-electron chi connectivity index (χ4n) is 1.98. The first kappa shape index (κ1) is 15.6. The van der Waals surface area contributed by atoms with Crippen molar-refractivity contribution in [2.75, 3.05) is 6.61 Å². The lowest BCUT2D eigenvalue weighted by Gasteiger charge is -2.13. The molecule has 0 spiro atoms. The van der Waals surface area contributed by atoms with E-state index in [0.29, 0.717) is 11.8 Å². The molecule has 0 radical (unpaired) electrons. The summed E-state index contributed by atoms with van der Waals surface area (Å²) in [5.74, 6) is 0.558. The summed E-state index contributed by atoms with van der Waals surface area (Å²) in [6.07, 6.45) is 0. The van der Waals surface area contributed by atoms with Crippen molar-refractivity contribution in [3.05, 3.63) is 35.7 Å². The van der Waals surface area contributed by atoms with E-state index in [0.717, 1.165) is 17.1 Å². The van der Waals surface area contributed by atoms with Crippen LogP contribution >= 0.6 is 11.8 Å². The largest absolute Gasteiger partial charge is 0.465 e. The van der Waals surface area contributed by atoms with Gasteiger partial charge in [0.25, 0.3) is 0 Å². The number of ether oxygens (including phenoxy) is 1. The average Bonchev–Trinajstić information content (AvgIpc) is 2.81. The molecule has 0 saturated carbocycles. The van der Waals surface area contributed by atoms with Gasteiger partial charge in [-0.05, 0) is 39.3 Å². The van der Waals surface area contributed by atoms with Crippen LogP contribution in [0.15, 0.2) is 29.4 Å². The number of nitrogens with zero attached hydrogens (tertiary/aromatic N) is 3. The van der Waals surface area contributed by atoms with Gasteiger partial charge in [-0.25, -0.2) is 0 Å². The maximum atomic E-state index is 11.8. The monoisotopic (exact) mass is 305 g/mol. The van der Waals surface area contributed by atoms with E-state index in [1.165, 1.54) is 11.8 Å². The number of carbonyl (C=O) groups excluding carboxylic acids is 1. The molecule has 0 unspecified atom stereocenters. The molecule has 1 heterocycles. The number of thioether (sulfide) groups is 1. The predicted molar refractivity (Wildman–Crippen MR) is 82.8 cm³/mol. The molecule has 1 atom stereocenters. The molecule has 1 aromatic carbocycles. The smallest absolute Gasteiger partial charge is 0.319 e. The van der Waals surface area contributed by atoms with Gasteiger partial charge in [0.2, 0.25) is 0 Å². The van der Waals surface area contributed by atoms with Gasteiger partial charge in [-0.1, -0.05) is 30.0 Å². The van der Waals surface area contributed by atoms with E-state index in [9.17, 15) is 4.79 Å². The first-order valence-corrected chi connectivity index (χ1v) is 7.73. The van der Waals surface area contributed by atoms with Gasteiger partial charge in [0.1, 0.15) is 11.1 Å². The van der Waals surface area contributed by atoms with Crippen LogP contribution in [-0.4, -0.2) is 32.6 Å². The molecule has 0 N–H and O–H groups in total. The molecule has 0 saturated heterocycles. The number of hydrogen-bond acceptors (Lipinski definition) is 5. The van der Waals surface area contributed by atoms with Crippen LogP contribution in [0.2, 0.25) is 0 Å². The van der Waals surface area contributed by atoms with Gasteiger partial charge in [0, 0.05) is 0 Å². The molecule has 0 aliphatic rings. The molecule has 5 nitrogen and oxygen atoms in total. The molecule has 0 amide bonds. The highest BCUT2D eigenvalue weighted by Crippen LogP contribution is 2.27. The second kappa shape index (κ2) is 6.76. The lowest BCUT2D eigenvalue weighted by molar-refractivity contribution is -0.142. The van der Waals surface area contributed by atoms with Crippen molar-refractivity contribution in [2.45, 2.75) is 38.1 Å². The van der Waals surface area contributed by atoms with E-state index in [4.69, 9.17) is 4.74 Å². The second-order valence-corrected chi connectivity index (χ2v) is 5.97. The third kappa shape index (κ3) is 3.44. The Balaban J connectivity index is 2.31. The zero-order valence-electron chi connectivity index (χ0n) is 12.7. The predicted octanol–water partition coefficient (Wildman–Crippen LogP) is 2.93. The van der Waals surface area contributed by atoms with Crippen LogP contribution in [0.25, 0.3) is 5.69 Å². The van der Waals surface area contributed by atoms with Crippen molar-refractivity contribution < 1.29 is 9.53 Å². The zero-order valence-corrected chi connectivity index (χ0v) is 13.5. The van der Waals surface area contributed by atoms with Gasteiger partial charge in [0.15, 0.2) is 5.16 Å². The van der Waals surface area contributed by atoms with Crippen molar-refractivity contribution in [2.24, 2.45) is 0 Å². The SMILES string of the molecule is CCOC(=O)[C@H](C)Sc1nnc(C)n1-c1ccccc1C. The molecular formula is C15H19N3O2S. The summed E-state index contributed by atoms with van der Waals surface area (Å²) in [4.78, 5) is 11.8. The molecular weight excluding hydrogens is 286 g/mol. The number of carbonyl (C=O) groups is 1. The quantitative estimate of drug-likeness (QED) is 0.628. The van der Waals surface area contributed by atoms with Gasteiger partial charge in [-0.15, -0.1) is 10.2 Å². The van der Waals surface area contributed by atoms with Crippen LogP contribution < -0.4 is 0 Å². The highest BCUT2D eigenvalue weighted by Gasteiger charge is 2.21. The summed E-state index contributed by atoms with van der Waals surface area (Å²) in [5, 5.41) is 8.69. The Labute approximate surface area is 128 Å². The van der Waals surface area contributed by atoms with Crippen LogP contribution in [0.3, 0.4) is 0 Å². The van der Waals surface area contributed by atoms with Crippen LogP contribution in [0, 0.1) is 13.8 Å².